The molecule has 0 aliphatic rings. The van der Waals surface area contributed by atoms with Gasteiger partial charge in [0.1, 0.15) is 12.4 Å². The minimum Gasteiger partial charge on any atom is -0.489 e. The van der Waals surface area contributed by atoms with Crippen LogP contribution < -0.4 is 10.5 Å². The highest BCUT2D eigenvalue weighted by Gasteiger charge is 2.32. The molecule has 1 amide bonds. The molecule has 0 aliphatic heterocycles. The van der Waals surface area contributed by atoms with Gasteiger partial charge in [-0.05, 0) is 30.2 Å². The predicted molar refractivity (Wildman–Crippen MR) is 80.8 cm³/mol. The molecule has 1 atom stereocenters. The molecule has 2 aromatic rings. The van der Waals surface area contributed by atoms with Crippen LogP contribution in [0.4, 0.5) is 0 Å². The molecular formula is C17H19NO3. The van der Waals surface area contributed by atoms with Crippen LogP contribution in [0.5, 0.6) is 5.75 Å². The first-order valence-electron chi connectivity index (χ1n) is 6.68. The number of primary amides is 1. The Bertz CT molecular complexity index is 595. The maximum Gasteiger partial charge on any atom is 0.254 e. The van der Waals surface area contributed by atoms with Crippen LogP contribution >= 0.6 is 0 Å². The average molecular weight is 285 g/mol. The molecular weight excluding hydrogens is 266 g/mol. The molecule has 0 saturated heterocycles. The quantitative estimate of drug-likeness (QED) is 0.887. The summed E-state index contributed by atoms with van der Waals surface area (Å²) in [4.78, 5) is 11.5. The maximum atomic E-state index is 11.5. The van der Waals surface area contributed by atoms with Crippen molar-refractivity contribution in [2.24, 2.45) is 5.73 Å². The highest BCUT2D eigenvalue weighted by molar-refractivity contribution is 5.84. The van der Waals surface area contributed by atoms with Gasteiger partial charge in [-0.25, -0.2) is 0 Å². The molecule has 1 unspecified atom stereocenters. The summed E-state index contributed by atoms with van der Waals surface area (Å²) in [6, 6.07) is 17.1. The summed E-state index contributed by atoms with van der Waals surface area (Å²) < 4.78 is 10.9. The molecule has 0 bridgehead atoms. The Morgan fingerprint density at radius 3 is 2.24 bits per heavy atom. The van der Waals surface area contributed by atoms with Gasteiger partial charge in [0.25, 0.3) is 5.91 Å². The van der Waals surface area contributed by atoms with Crippen LogP contribution in [0.25, 0.3) is 0 Å². The van der Waals surface area contributed by atoms with E-state index in [0.717, 1.165) is 11.3 Å². The lowest BCUT2D eigenvalue weighted by Crippen LogP contribution is -2.40. The summed E-state index contributed by atoms with van der Waals surface area (Å²) in [6.07, 6.45) is 0. The first-order chi connectivity index (χ1) is 10.1. The number of hydrogen-bond donors (Lipinski definition) is 1. The van der Waals surface area contributed by atoms with Crippen molar-refractivity contribution in [2.45, 2.75) is 19.1 Å². The Balaban J connectivity index is 2.07. The minimum atomic E-state index is -1.13. The first kappa shape index (κ1) is 15.1. The lowest BCUT2D eigenvalue weighted by Gasteiger charge is -2.24. The van der Waals surface area contributed by atoms with E-state index in [2.05, 4.69) is 0 Å². The lowest BCUT2D eigenvalue weighted by atomic mass is 9.95. The van der Waals surface area contributed by atoms with Gasteiger partial charge >= 0.3 is 0 Å². The number of methoxy groups -OCH3 is 1. The molecule has 2 aromatic carbocycles. The van der Waals surface area contributed by atoms with Gasteiger partial charge in [-0.15, -0.1) is 0 Å². The second-order valence-corrected chi connectivity index (χ2v) is 4.90. The van der Waals surface area contributed by atoms with Crippen molar-refractivity contribution in [3.63, 3.8) is 0 Å². The molecule has 2 rings (SSSR count). The van der Waals surface area contributed by atoms with Gasteiger partial charge in [0.05, 0.1) is 0 Å². The molecule has 110 valence electrons. The van der Waals surface area contributed by atoms with E-state index in [-0.39, 0.29) is 0 Å². The third kappa shape index (κ3) is 3.41. The monoisotopic (exact) mass is 285 g/mol. The van der Waals surface area contributed by atoms with Crippen LogP contribution in [-0.2, 0) is 21.7 Å². The zero-order chi connectivity index (χ0) is 15.3. The highest BCUT2D eigenvalue weighted by Crippen LogP contribution is 2.26. The van der Waals surface area contributed by atoms with E-state index in [0.29, 0.717) is 12.2 Å². The predicted octanol–water partition coefficient (Wildman–Crippen LogP) is 2.61. The van der Waals surface area contributed by atoms with Crippen molar-refractivity contribution in [3.05, 3.63) is 65.7 Å². The van der Waals surface area contributed by atoms with E-state index in [1.54, 1.807) is 31.2 Å². The SMILES string of the molecule is COC(C)(C(N)=O)c1ccc(OCc2ccccc2)cc1. The third-order valence-corrected chi connectivity index (χ3v) is 3.53. The van der Waals surface area contributed by atoms with Gasteiger partial charge in [-0.3, -0.25) is 4.79 Å². The Labute approximate surface area is 124 Å². The van der Waals surface area contributed by atoms with Gasteiger partial charge in [0.2, 0.25) is 0 Å². The zero-order valence-electron chi connectivity index (χ0n) is 12.2. The fraction of sp³-hybridized carbons (Fsp3) is 0.235. The number of carbonyl (C=O) groups is 1. The Morgan fingerprint density at radius 2 is 1.71 bits per heavy atom. The van der Waals surface area contributed by atoms with Crippen LogP contribution in [0, 0.1) is 0 Å². The van der Waals surface area contributed by atoms with Crippen LogP contribution in [0.15, 0.2) is 54.6 Å². The number of benzene rings is 2. The fourth-order valence-electron chi connectivity index (χ4n) is 1.97. The zero-order valence-corrected chi connectivity index (χ0v) is 12.2. The minimum absolute atomic E-state index is 0.498. The maximum absolute atomic E-state index is 11.5. The number of carbonyl (C=O) groups excluding carboxylic acids is 1. The van der Waals surface area contributed by atoms with Gasteiger partial charge in [0.15, 0.2) is 5.60 Å². The van der Waals surface area contributed by atoms with Gasteiger partial charge in [-0.1, -0.05) is 42.5 Å². The van der Waals surface area contributed by atoms with Gasteiger partial charge < -0.3 is 15.2 Å². The topological polar surface area (TPSA) is 61.5 Å². The van der Waals surface area contributed by atoms with E-state index in [1.807, 2.05) is 30.3 Å². The number of hydrogen-bond acceptors (Lipinski definition) is 3. The Kier molecular flexibility index (Phi) is 4.60. The van der Waals surface area contributed by atoms with E-state index in [4.69, 9.17) is 15.2 Å². The van der Waals surface area contributed by atoms with Crippen molar-refractivity contribution < 1.29 is 14.3 Å². The molecule has 0 heterocycles. The summed E-state index contributed by atoms with van der Waals surface area (Å²) in [6.45, 7) is 2.15. The summed E-state index contributed by atoms with van der Waals surface area (Å²) in [7, 11) is 1.46. The second kappa shape index (κ2) is 6.41. The molecule has 0 aliphatic carbocycles. The average Bonchev–Trinajstić information content (AvgIpc) is 2.53. The second-order valence-electron chi connectivity index (χ2n) is 4.90. The van der Waals surface area contributed by atoms with Crippen LogP contribution in [-0.4, -0.2) is 13.0 Å². The van der Waals surface area contributed by atoms with Crippen LogP contribution in [0.2, 0.25) is 0 Å². The Morgan fingerprint density at radius 1 is 1.10 bits per heavy atom. The van der Waals surface area contributed by atoms with E-state index >= 15 is 0 Å². The number of rotatable bonds is 6. The van der Waals surface area contributed by atoms with Crippen molar-refractivity contribution in [1.82, 2.24) is 0 Å². The van der Waals surface area contributed by atoms with Gasteiger partial charge in [0, 0.05) is 7.11 Å². The van der Waals surface area contributed by atoms with Gasteiger partial charge in [-0.2, -0.15) is 0 Å². The molecule has 0 saturated carbocycles. The molecule has 0 spiro atoms. The largest absolute Gasteiger partial charge is 0.489 e. The molecule has 21 heavy (non-hydrogen) atoms. The van der Waals surface area contributed by atoms with Crippen LogP contribution in [0.3, 0.4) is 0 Å². The molecule has 0 radical (unpaired) electrons. The van der Waals surface area contributed by atoms with Crippen molar-refractivity contribution in [2.75, 3.05) is 7.11 Å². The van der Waals surface area contributed by atoms with E-state index in [1.165, 1.54) is 7.11 Å². The highest BCUT2D eigenvalue weighted by atomic mass is 16.5. The van der Waals surface area contributed by atoms with Crippen molar-refractivity contribution >= 4 is 5.91 Å². The molecule has 0 aromatic heterocycles. The number of ether oxygens (including phenoxy) is 2. The summed E-state index contributed by atoms with van der Waals surface area (Å²) in [5.74, 6) is 0.202. The summed E-state index contributed by atoms with van der Waals surface area (Å²) in [5, 5.41) is 0. The van der Waals surface area contributed by atoms with Crippen molar-refractivity contribution in [3.8, 4) is 5.75 Å². The Hall–Kier alpha value is -2.33. The summed E-state index contributed by atoms with van der Waals surface area (Å²) >= 11 is 0. The molecule has 0 fully saturated rings. The number of nitrogens with two attached hydrogens (primary N) is 1. The van der Waals surface area contributed by atoms with Crippen LogP contribution in [0.1, 0.15) is 18.1 Å². The normalized spacial score (nSPS) is 13.4. The fourth-order valence-corrected chi connectivity index (χ4v) is 1.97. The molecule has 2 N–H and O–H groups in total. The van der Waals surface area contributed by atoms with E-state index in [9.17, 15) is 4.79 Å². The third-order valence-electron chi connectivity index (χ3n) is 3.53. The number of amides is 1. The van der Waals surface area contributed by atoms with E-state index < -0.39 is 11.5 Å². The van der Waals surface area contributed by atoms with Crippen molar-refractivity contribution in [1.29, 1.82) is 0 Å². The standard InChI is InChI=1S/C17H19NO3/c1-17(20-2,16(18)19)14-8-10-15(11-9-14)21-12-13-6-4-3-5-7-13/h3-11H,12H2,1-2H3,(H2,18,19). The first-order valence-corrected chi connectivity index (χ1v) is 6.68. The molecule has 4 nitrogen and oxygen atoms in total. The molecule has 4 heteroatoms. The summed E-state index contributed by atoms with van der Waals surface area (Å²) in [5.41, 5.74) is 6.06. The smallest absolute Gasteiger partial charge is 0.254 e. The lowest BCUT2D eigenvalue weighted by molar-refractivity contribution is -0.139.